The number of anilines is 1. The lowest BCUT2D eigenvalue weighted by Crippen LogP contribution is -2.38. The summed E-state index contributed by atoms with van der Waals surface area (Å²) in [6.45, 7) is 5.51. The fraction of sp³-hybridized carbons (Fsp3) is 0.417. The third kappa shape index (κ3) is 1.71. The zero-order chi connectivity index (χ0) is 11.7. The Morgan fingerprint density at radius 1 is 1.50 bits per heavy atom. The SMILES string of the molecule is CC(C)N1CCOc2c(C(=O)O)cccc21. The van der Waals surface area contributed by atoms with E-state index < -0.39 is 5.97 Å². The second-order valence-electron chi connectivity index (χ2n) is 4.09. The van der Waals surface area contributed by atoms with Gasteiger partial charge in [0.25, 0.3) is 0 Å². The number of fused-ring (bicyclic) bond motifs is 1. The lowest BCUT2D eigenvalue weighted by molar-refractivity contribution is 0.0692. The van der Waals surface area contributed by atoms with Crippen LogP contribution in [-0.2, 0) is 0 Å². The van der Waals surface area contributed by atoms with E-state index in [0.717, 1.165) is 12.2 Å². The molecule has 0 unspecified atom stereocenters. The minimum absolute atomic E-state index is 0.239. The molecule has 1 aromatic carbocycles. The van der Waals surface area contributed by atoms with Crippen LogP contribution in [0.3, 0.4) is 0 Å². The molecule has 0 saturated heterocycles. The Labute approximate surface area is 94.4 Å². The minimum atomic E-state index is -0.942. The first-order valence-corrected chi connectivity index (χ1v) is 5.37. The fourth-order valence-corrected chi connectivity index (χ4v) is 1.97. The summed E-state index contributed by atoms with van der Waals surface area (Å²) in [5, 5.41) is 9.07. The van der Waals surface area contributed by atoms with Crippen LogP contribution in [0.25, 0.3) is 0 Å². The van der Waals surface area contributed by atoms with Crippen molar-refractivity contribution in [3.05, 3.63) is 23.8 Å². The molecule has 0 amide bonds. The molecule has 1 aromatic rings. The highest BCUT2D eigenvalue weighted by Gasteiger charge is 2.24. The molecule has 0 saturated carbocycles. The Morgan fingerprint density at radius 3 is 2.88 bits per heavy atom. The Morgan fingerprint density at radius 2 is 2.25 bits per heavy atom. The van der Waals surface area contributed by atoms with Gasteiger partial charge in [0.15, 0.2) is 5.75 Å². The zero-order valence-corrected chi connectivity index (χ0v) is 9.43. The molecular weight excluding hydrogens is 206 g/mol. The van der Waals surface area contributed by atoms with Crippen molar-refractivity contribution >= 4 is 11.7 Å². The van der Waals surface area contributed by atoms with E-state index in [1.54, 1.807) is 12.1 Å². The summed E-state index contributed by atoms with van der Waals surface area (Å²) in [5.41, 5.74) is 1.11. The third-order valence-electron chi connectivity index (χ3n) is 2.74. The molecule has 86 valence electrons. The number of carboxylic acid groups (broad SMARTS) is 1. The summed E-state index contributed by atoms with van der Waals surface area (Å²) >= 11 is 0. The maximum Gasteiger partial charge on any atom is 0.339 e. The Bertz CT molecular complexity index is 415. The van der Waals surface area contributed by atoms with Crippen LogP contribution in [0.5, 0.6) is 5.75 Å². The van der Waals surface area contributed by atoms with Gasteiger partial charge in [-0.05, 0) is 26.0 Å². The largest absolute Gasteiger partial charge is 0.489 e. The predicted octanol–water partition coefficient (Wildman–Crippen LogP) is 1.99. The number of hydrogen-bond acceptors (Lipinski definition) is 3. The van der Waals surface area contributed by atoms with Crippen LogP contribution < -0.4 is 9.64 Å². The van der Waals surface area contributed by atoms with Crippen molar-refractivity contribution in [1.82, 2.24) is 0 Å². The molecule has 0 atom stereocenters. The standard InChI is InChI=1S/C12H15NO3/c1-8(2)13-6-7-16-11-9(12(14)15)4-3-5-10(11)13/h3-5,8H,6-7H2,1-2H3,(H,14,15). The van der Waals surface area contributed by atoms with E-state index in [-0.39, 0.29) is 5.56 Å². The highest BCUT2D eigenvalue weighted by Crippen LogP contribution is 2.35. The fourth-order valence-electron chi connectivity index (χ4n) is 1.97. The maximum absolute atomic E-state index is 11.1. The van der Waals surface area contributed by atoms with E-state index in [0.29, 0.717) is 18.4 Å². The Hall–Kier alpha value is -1.71. The van der Waals surface area contributed by atoms with Crippen LogP contribution in [0.2, 0.25) is 0 Å². The normalized spacial score (nSPS) is 14.6. The molecule has 0 spiro atoms. The zero-order valence-electron chi connectivity index (χ0n) is 9.43. The number of para-hydroxylation sites is 1. The number of hydrogen-bond donors (Lipinski definition) is 1. The second kappa shape index (κ2) is 4.04. The molecule has 4 heteroatoms. The number of rotatable bonds is 2. The molecule has 0 radical (unpaired) electrons. The van der Waals surface area contributed by atoms with Gasteiger partial charge in [-0.25, -0.2) is 4.79 Å². The third-order valence-corrected chi connectivity index (χ3v) is 2.74. The van der Waals surface area contributed by atoms with Gasteiger partial charge in [-0.15, -0.1) is 0 Å². The van der Waals surface area contributed by atoms with E-state index in [4.69, 9.17) is 9.84 Å². The number of aromatic carboxylic acids is 1. The van der Waals surface area contributed by atoms with Crippen molar-refractivity contribution in [2.75, 3.05) is 18.1 Å². The molecule has 1 N–H and O–H groups in total. The number of benzene rings is 1. The molecule has 1 aliphatic heterocycles. The summed E-state index contributed by atoms with van der Waals surface area (Å²) in [6, 6.07) is 5.57. The highest BCUT2D eigenvalue weighted by molar-refractivity contribution is 5.93. The molecular formula is C12H15NO3. The van der Waals surface area contributed by atoms with Crippen molar-refractivity contribution in [3.63, 3.8) is 0 Å². The van der Waals surface area contributed by atoms with Crippen molar-refractivity contribution in [3.8, 4) is 5.75 Å². The smallest absolute Gasteiger partial charge is 0.339 e. The van der Waals surface area contributed by atoms with E-state index >= 15 is 0 Å². The predicted molar refractivity (Wildman–Crippen MR) is 61.4 cm³/mol. The Balaban J connectivity index is 2.50. The number of ether oxygens (including phenoxy) is 1. The van der Waals surface area contributed by atoms with E-state index in [1.807, 2.05) is 6.07 Å². The first kappa shape index (κ1) is 10.8. The van der Waals surface area contributed by atoms with Crippen LogP contribution in [0, 0.1) is 0 Å². The topological polar surface area (TPSA) is 49.8 Å². The van der Waals surface area contributed by atoms with Crippen molar-refractivity contribution in [2.24, 2.45) is 0 Å². The van der Waals surface area contributed by atoms with Gasteiger partial charge in [-0.2, -0.15) is 0 Å². The van der Waals surface area contributed by atoms with Gasteiger partial charge in [0.2, 0.25) is 0 Å². The van der Waals surface area contributed by atoms with Crippen molar-refractivity contribution in [2.45, 2.75) is 19.9 Å². The van der Waals surface area contributed by atoms with Crippen LogP contribution in [0.4, 0.5) is 5.69 Å². The van der Waals surface area contributed by atoms with Gasteiger partial charge < -0.3 is 14.7 Å². The summed E-state index contributed by atoms with van der Waals surface area (Å²) in [7, 11) is 0. The van der Waals surface area contributed by atoms with E-state index in [2.05, 4.69) is 18.7 Å². The maximum atomic E-state index is 11.1. The molecule has 4 nitrogen and oxygen atoms in total. The summed E-state index contributed by atoms with van der Waals surface area (Å²) < 4.78 is 5.47. The van der Waals surface area contributed by atoms with Crippen LogP contribution in [0.1, 0.15) is 24.2 Å². The quantitative estimate of drug-likeness (QED) is 0.829. The molecule has 0 aliphatic carbocycles. The molecule has 2 rings (SSSR count). The molecule has 1 heterocycles. The summed E-state index contributed by atoms with van der Waals surface area (Å²) in [4.78, 5) is 13.2. The summed E-state index contributed by atoms with van der Waals surface area (Å²) in [6.07, 6.45) is 0. The van der Waals surface area contributed by atoms with Crippen LogP contribution in [0.15, 0.2) is 18.2 Å². The molecule has 0 bridgehead atoms. The van der Waals surface area contributed by atoms with Crippen molar-refractivity contribution < 1.29 is 14.6 Å². The van der Waals surface area contributed by atoms with Gasteiger partial charge in [0.1, 0.15) is 12.2 Å². The van der Waals surface area contributed by atoms with Gasteiger partial charge in [-0.3, -0.25) is 0 Å². The second-order valence-corrected chi connectivity index (χ2v) is 4.09. The number of carbonyl (C=O) groups is 1. The van der Waals surface area contributed by atoms with E-state index in [1.165, 1.54) is 0 Å². The first-order valence-electron chi connectivity index (χ1n) is 5.37. The van der Waals surface area contributed by atoms with Gasteiger partial charge in [0, 0.05) is 6.04 Å². The molecule has 1 aliphatic rings. The number of nitrogens with zero attached hydrogens (tertiary/aromatic N) is 1. The average Bonchev–Trinajstić information content (AvgIpc) is 2.27. The Kier molecular flexibility index (Phi) is 2.73. The molecule has 0 aromatic heterocycles. The van der Waals surface area contributed by atoms with Gasteiger partial charge in [-0.1, -0.05) is 6.07 Å². The van der Waals surface area contributed by atoms with Gasteiger partial charge in [0.05, 0.1) is 12.2 Å². The first-order chi connectivity index (χ1) is 7.61. The molecule has 0 fully saturated rings. The van der Waals surface area contributed by atoms with Gasteiger partial charge >= 0.3 is 5.97 Å². The average molecular weight is 221 g/mol. The van der Waals surface area contributed by atoms with E-state index in [9.17, 15) is 4.79 Å². The lowest BCUT2D eigenvalue weighted by Gasteiger charge is -2.34. The molecule has 16 heavy (non-hydrogen) atoms. The van der Waals surface area contributed by atoms with Crippen LogP contribution >= 0.6 is 0 Å². The monoisotopic (exact) mass is 221 g/mol. The van der Waals surface area contributed by atoms with Crippen LogP contribution in [-0.4, -0.2) is 30.3 Å². The highest BCUT2D eigenvalue weighted by atomic mass is 16.5. The lowest BCUT2D eigenvalue weighted by atomic mass is 10.1. The summed E-state index contributed by atoms with van der Waals surface area (Å²) in [5.74, 6) is -0.447. The number of carboxylic acids is 1. The minimum Gasteiger partial charge on any atom is -0.489 e. The van der Waals surface area contributed by atoms with Crippen molar-refractivity contribution in [1.29, 1.82) is 0 Å².